The summed E-state index contributed by atoms with van der Waals surface area (Å²) in [5.41, 5.74) is 0.479. The van der Waals surface area contributed by atoms with Gasteiger partial charge in [0.25, 0.3) is 5.91 Å². The van der Waals surface area contributed by atoms with Gasteiger partial charge in [0.05, 0.1) is 21.3 Å². The Bertz CT molecular complexity index is 611. The van der Waals surface area contributed by atoms with Crippen molar-refractivity contribution in [3.05, 3.63) is 17.7 Å². The SMILES string of the molecule is COc1cc(C(=O)N2CCC(C(=O)N(C)C)CC2)cc(OC)c1OC. The summed E-state index contributed by atoms with van der Waals surface area (Å²) in [6.45, 7) is 1.11. The Hall–Kier alpha value is -2.44. The van der Waals surface area contributed by atoms with Gasteiger partial charge in [-0.05, 0) is 25.0 Å². The number of carbonyl (C=O) groups excluding carboxylic acids is 2. The molecule has 0 spiro atoms. The average Bonchev–Trinajstić information content (AvgIpc) is 2.65. The highest BCUT2D eigenvalue weighted by Gasteiger charge is 2.29. The van der Waals surface area contributed by atoms with Crippen molar-refractivity contribution >= 4 is 11.8 Å². The Morgan fingerprint density at radius 1 is 1.00 bits per heavy atom. The predicted octanol–water partition coefficient (Wildman–Crippen LogP) is 1.65. The minimum absolute atomic E-state index is 0.0148. The van der Waals surface area contributed by atoms with Gasteiger partial charge in [0, 0.05) is 38.7 Å². The van der Waals surface area contributed by atoms with Crippen molar-refractivity contribution in [2.45, 2.75) is 12.8 Å². The quantitative estimate of drug-likeness (QED) is 0.808. The number of methoxy groups -OCH3 is 3. The van der Waals surface area contributed by atoms with Crippen LogP contribution in [0.4, 0.5) is 0 Å². The molecule has 1 aliphatic rings. The lowest BCUT2D eigenvalue weighted by atomic mass is 9.95. The number of hydrogen-bond donors (Lipinski definition) is 0. The van der Waals surface area contributed by atoms with Gasteiger partial charge in [0.1, 0.15) is 0 Å². The largest absolute Gasteiger partial charge is 0.493 e. The van der Waals surface area contributed by atoms with Crippen molar-refractivity contribution in [1.29, 1.82) is 0 Å². The number of carbonyl (C=O) groups is 2. The highest BCUT2D eigenvalue weighted by molar-refractivity contribution is 5.96. The second kappa shape index (κ2) is 8.09. The molecule has 0 aliphatic carbocycles. The molecule has 7 nitrogen and oxygen atoms in total. The molecule has 138 valence electrons. The van der Waals surface area contributed by atoms with Crippen LogP contribution in [0.3, 0.4) is 0 Å². The summed E-state index contributed by atoms with van der Waals surface area (Å²) in [6, 6.07) is 3.31. The van der Waals surface area contributed by atoms with Crippen LogP contribution in [0.25, 0.3) is 0 Å². The zero-order chi connectivity index (χ0) is 18.6. The van der Waals surface area contributed by atoms with Crippen molar-refractivity contribution in [2.24, 2.45) is 5.92 Å². The summed E-state index contributed by atoms with van der Waals surface area (Å²) in [5, 5.41) is 0. The highest BCUT2D eigenvalue weighted by Crippen LogP contribution is 2.38. The number of likely N-dealkylation sites (tertiary alicyclic amines) is 1. The molecule has 1 fully saturated rings. The number of nitrogens with zero attached hydrogens (tertiary/aromatic N) is 2. The van der Waals surface area contributed by atoms with Gasteiger partial charge in [0.2, 0.25) is 11.7 Å². The van der Waals surface area contributed by atoms with E-state index in [2.05, 4.69) is 0 Å². The van der Waals surface area contributed by atoms with Crippen LogP contribution < -0.4 is 14.2 Å². The Kier molecular flexibility index (Phi) is 6.12. The van der Waals surface area contributed by atoms with Gasteiger partial charge in [-0.1, -0.05) is 0 Å². The van der Waals surface area contributed by atoms with Crippen molar-refractivity contribution in [3.8, 4) is 17.2 Å². The van der Waals surface area contributed by atoms with Gasteiger partial charge in [-0.3, -0.25) is 9.59 Å². The molecule has 1 aromatic rings. The van der Waals surface area contributed by atoms with Gasteiger partial charge in [-0.15, -0.1) is 0 Å². The monoisotopic (exact) mass is 350 g/mol. The van der Waals surface area contributed by atoms with Crippen LogP contribution in [0.2, 0.25) is 0 Å². The van der Waals surface area contributed by atoms with E-state index < -0.39 is 0 Å². The van der Waals surface area contributed by atoms with Gasteiger partial charge < -0.3 is 24.0 Å². The molecule has 1 saturated heterocycles. The number of hydrogen-bond acceptors (Lipinski definition) is 5. The first-order valence-electron chi connectivity index (χ1n) is 8.23. The van der Waals surface area contributed by atoms with Crippen LogP contribution in [-0.4, -0.2) is 70.1 Å². The molecule has 25 heavy (non-hydrogen) atoms. The average molecular weight is 350 g/mol. The van der Waals surface area contributed by atoms with E-state index in [1.165, 1.54) is 21.3 Å². The number of amides is 2. The standard InChI is InChI=1S/C18H26N2O5/c1-19(2)17(21)12-6-8-20(9-7-12)18(22)13-10-14(23-3)16(25-5)15(11-13)24-4/h10-12H,6-9H2,1-5H3. The Morgan fingerprint density at radius 3 is 1.92 bits per heavy atom. The topological polar surface area (TPSA) is 68.3 Å². The van der Waals surface area contributed by atoms with E-state index in [9.17, 15) is 9.59 Å². The van der Waals surface area contributed by atoms with Crippen LogP contribution in [0, 0.1) is 5.92 Å². The third kappa shape index (κ3) is 3.97. The lowest BCUT2D eigenvalue weighted by Crippen LogP contribution is -2.42. The van der Waals surface area contributed by atoms with Crippen molar-refractivity contribution in [2.75, 3.05) is 48.5 Å². The number of piperidine rings is 1. The maximum absolute atomic E-state index is 12.8. The van der Waals surface area contributed by atoms with Crippen molar-refractivity contribution in [1.82, 2.24) is 9.80 Å². The second-order valence-electron chi connectivity index (χ2n) is 6.21. The Labute approximate surface area is 148 Å². The third-order valence-electron chi connectivity index (χ3n) is 4.48. The molecule has 2 rings (SSSR count). The maximum Gasteiger partial charge on any atom is 0.254 e. The first-order chi connectivity index (χ1) is 11.9. The summed E-state index contributed by atoms with van der Waals surface area (Å²) in [5.74, 6) is 1.36. The highest BCUT2D eigenvalue weighted by atomic mass is 16.5. The first-order valence-corrected chi connectivity index (χ1v) is 8.23. The summed E-state index contributed by atoms with van der Waals surface area (Å²) >= 11 is 0. The fourth-order valence-corrected chi connectivity index (χ4v) is 3.08. The maximum atomic E-state index is 12.8. The molecule has 1 aromatic carbocycles. The lowest BCUT2D eigenvalue weighted by molar-refractivity contribution is -0.134. The zero-order valence-electron chi connectivity index (χ0n) is 15.5. The van der Waals surface area contributed by atoms with E-state index >= 15 is 0 Å². The smallest absolute Gasteiger partial charge is 0.254 e. The summed E-state index contributed by atoms with van der Waals surface area (Å²) in [6.07, 6.45) is 1.35. The molecule has 0 atom stereocenters. The van der Waals surface area contributed by atoms with Crippen molar-refractivity contribution in [3.63, 3.8) is 0 Å². The van der Waals surface area contributed by atoms with E-state index in [1.54, 1.807) is 36.0 Å². The predicted molar refractivity (Wildman–Crippen MR) is 93.4 cm³/mol. The minimum atomic E-state index is -0.102. The van der Waals surface area contributed by atoms with Gasteiger partial charge in [-0.2, -0.15) is 0 Å². The number of ether oxygens (including phenoxy) is 3. The van der Waals surface area contributed by atoms with E-state index in [0.29, 0.717) is 48.7 Å². The normalized spacial score (nSPS) is 14.8. The Balaban J connectivity index is 2.15. The first kappa shape index (κ1) is 18.9. The van der Waals surface area contributed by atoms with Gasteiger partial charge in [-0.25, -0.2) is 0 Å². The zero-order valence-corrected chi connectivity index (χ0v) is 15.5. The lowest BCUT2D eigenvalue weighted by Gasteiger charge is -2.32. The van der Waals surface area contributed by atoms with Crippen LogP contribution in [0.15, 0.2) is 12.1 Å². The van der Waals surface area contributed by atoms with E-state index in [-0.39, 0.29) is 17.7 Å². The molecule has 1 heterocycles. The van der Waals surface area contributed by atoms with Gasteiger partial charge in [0.15, 0.2) is 11.5 Å². The third-order valence-corrected chi connectivity index (χ3v) is 4.48. The Morgan fingerprint density at radius 2 is 1.52 bits per heavy atom. The fourth-order valence-electron chi connectivity index (χ4n) is 3.08. The second-order valence-corrected chi connectivity index (χ2v) is 6.21. The number of rotatable bonds is 5. The fraction of sp³-hybridized carbons (Fsp3) is 0.556. The molecular formula is C18H26N2O5. The minimum Gasteiger partial charge on any atom is -0.493 e. The molecule has 0 N–H and O–H groups in total. The molecule has 0 unspecified atom stereocenters. The van der Waals surface area contributed by atoms with Crippen LogP contribution in [0.5, 0.6) is 17.2 Å². The molecular weight excluding hydrogens is 324 g/mol. The van der Waals surface area contributed by atoms with Gasteiger partial charge >= 0.3 is 0 Å². The molecule has 0 aromatic heterocycles. The number of benzene rings is 1. The molecule has 1 aliphatic heterocycles. The molecule has 0 saturated carbocycles. The summed E-state index contributed by atoms with van der Waals surface area (Å²) in [4.78, 5) is 28.3. The molecule has 0 radical (unpaired) electrons. The summed E-state index contributed by atoms with van der Waals surface area (Å²) in [7, 11) is 8.08. The van der Waals surface area contributed by atoms with Crippen LogP contribution >= 0.6 is 0 Å². The van der Waals surface area contributed by atoms with E-state index in [4.69, 9.17) is 14.2 Å². The molecule has 7 heteroatoms. The van der Waals surface area contributed by atoms with Crippen LogP contribution in [0.1, 0.15) is 23.2 Å². The van der Waals surface area contributed by atoms with E-state index in [1.807, 2.05) is 0 Å². The molecule has 2 amide bonds. The molecule has 0 bridgehead atoms. The van der Waals surface area contributed by atoms with Crippen LogP contribution in [-0.2, 0) is 4.79 Å². The van der Waals surface area contributed by atoms with E-state index in [0.717, 1.165) is 0 Å². The summed E-state index contributed by atoms with van der Waals surface area (Å²) < 4.78 is 15.9. The van der Waals surface area contributed by atoms with Crippen molar-refractivity contribution < 1.29 is 23.8 Å².